The maximum Gasteiger partial charge on any atom is 0.307 e. The summed E-state index contributed by atoms with van der Waals surface area (Å²) in [6.45, 7) is 3.02. The molecule has 2 rings (SSSR count). The van der Waals surface area contributed by atoms with Gasteiger partial charge in [-0.3, -0.25) is 4.79 Å². The third-order valence-corrected chi connectivity index (χ3v) is 4.60. The molecular formula is C14H17NO2S2. The van der Waals surface area contributed by atoms with E-state index in [1.54, 1.807) is 11.8 Å². The lowest BCUT2D eigenvalue weighted by atomic mass is 10.1. The highest BCUT2D eigenvalue weighted by Crippen LogP contribution is 2.28. The summed E-state index contributed by atoms with van der Waals surface area (Å²) < 4.78 is 5.89. The standard InChI is InChI=1S/C14H17NO2S2/c1-2-17-13(16)8-12-10-19-14(18)15(12)9-11-6-4-3-5-7-11/h3-7,12H,2,8-10H2,1H3. The number of hydrogen-bond acceptors (Lipinski definition) is 4. The molecule has 1 atom stereocenters. The molecule has 1 saturated heterocycles. The van der Waals surface area contributed by atoms with Crippen molar-refractivity contribution in [3.63, 3.8) is 0 Å². The van der Waals surface area contributed by atoms with E-state index in [0.29, 0.717) is 13.0 Å². The number of nitrogens with zero attached hydrogens (tertiary/aromatic N) is 1. The van der Waals surface area contributed by atoms with E-state index in [1.165, 1.54) is 5.56 Å². The average Bonchev–Trinajstić information content (AvgIpc) is 2.73. The second-order valence-corrected chi connectivity index (χ2v) is 6.01. The maximum absolute atomic E-state index is 11.6. The zero-order chi connectivity index (χ0) is 13.7. The predicted octanol–water partition coefficient (Wildman–Crippen LogP) is 2.84. The Bertz CT molecular complexity index is 450. The number of benzene rings is 1. The first-order chi connectivity index (χ1) is 9.20. The zero-order valence-corrected chi connectivity index (χ0v) is 12.5. The Balaban J connectivity index is 1.99. The molecule has 0 aromatic heterocycles. The molecule has 0 bridgehead atoms. The lowest BCUT2D eigenvalue weighted by Crippen LogP contribution is -2.34. The second kappa shape index (κ2) is 6.91. The van der Waals surface area contributed by atoms with E-state index in [2.05, 4.69) is 17.0 Å². The summed E-state index contributed by atoms with van der Waals surface area (Å²) in [4.78, 5) is 13.7. The van der Waals surface area contributed by atoms with E-state index in [0.717, 1.165) is 16.6 Å². The summed E-state index contributed by atoms with van der Waals surface area (Å²) >= 11 is 7.01. The fraction of sp³-hybridized carbons (Fsp3) is 0.429. The smallest absolute Gasteiger partial charge is 0.307 e. The Morgan fingerprint density at radius 2 is 2.21 bits per heavy atom. The van der Waals surface area contributed by atoms with E-state index in [1.807, 2.05) is 25.1 Å². The summed E-state index contributed by atoms with van der Waals surface area (Å²) in [6, 6.07) is 10.3. The molecule has 1 aromatic rings. The van der Waals surface area contributed by atoms with Crippen LogP contribution in [0.3, 0.4) is 0 Å². The van der Waals surface area contributed by atoms with Gasteiger partial charge in [0.2, 0.25) is 0 Å². The Morgan fingerprint density at radius 3 is 2.89 bits per heavy atom. The van der Waals surface area contributed by atoms with Crippen molar-refractivity contribution in [3.8, 4) is 0 Å². The SMILES string of the molecule is CCOC(=O)CC1CSC(=S)N1Cc1ccccc1. The summed E-state index contributed by atoms with van der Waals surface area (Å²) in [6.07, 6.45) is 0.411. The van der Waals surface area contributed by atoms with Gasteiger partial charge in [-0.2, -0.15) is 0 Å². The summed E-state index contributed by atoms with van der Waals surface area (Å²) in [5.41, 5.74) is 1.21. The van der Waals surface area contributed by atoms with Crippen LogP contribution >= 0.6 is 24.0 Å². The van der Waals surface area contributed by atoms with Gasteiger partial charge in [0.05, 0.1) is 19.1 Å². The van der Waals surface area contributed by atoms with Crippen LogP contribution in [0.15, 0.2) is 30.3 Å². The Morgan fingerprint density at radius 1 is 1.47 bits per heavy atom. The highest BCUT2D eigenvalue weighted by atomic mass is 32.2. The lowest BCUT2D eigenvalue weighted by Gasteiger charge is -2.25. The lowest BCUT2D eigenvalue weighted by molar-refractivity contribution is -0.144. The summed E-state index contributed by atoms with van der Waals surface area (Å²) in [7, 11) is 0. The Hall–Kier alpha value is -1.07. The van der Waals surface area contributed by atoms with Crippen LogP contribution in [0, 0.1) is 0 Å². The topological polar surface area (TPSA) is 29.5 Å². The molecule has 1 unspecified atom stereocenters. The van der Waals surface area contributed by atoms with Gasteiger partial charge in [0.1, 0.15) is 4.32 Å². The normalized spacial score (nSPS) is 18.7. The number of esters is 1. The maximum atomic E-state index is 11.6. The molecule has 102 valence electrons. The molecule has 0 radical (unpaired) electrons. The van der Waals surface area contributed by atoms with Gasteiger partial charge in [0.25, 0.3) is 0 Å². The predicted molar refractivity (Wildman–Crippen MR) is 82.1 cm³/mol. The fourth-order valence-electron chi connectivity index (χ4n) is 2.04. The van der Waals surface area contributed by atoms with E-state index in [-0.39, 0.29) is 12.0 Å². The highest BCUT2D eigenvalue weighted by molar-refractivity contribution is 8.23. The quantitative estimate of drug-likeness (QED) is 0.615. The van der Waals surface area contributed by atoms with Crippen molar-refractivity contribution in [2.45, 2.75) is 25.9 Å². The minimum atomic E-state index is -0.143. The molecule has 1 heterocycles. The average molecular weight is 295 g/mol. The highest BCUT2D eigenvalue weighted by Gasteiger charge is 2.30. The van der Waals surface area contributed by atoms with Gasteiger partial charge < -0.3 is 9.64 Å². The zero-order valence-electron chi connectivity index (χ0n) is 10.9. The Labute approximate surface area is 123 Å². The van der Waals surface area contributed by atoms with E-state index in [9.17, 15) is 4.79 Å². The number of hydrogen-bond donors (Lipinski definition) is 0. The number of carbonyl (C=O) groups is 1. The van der Waals surface area contributed by atoms with Crippen molar-refractivity contribution in [2.75, 3.05) is 12.4 Å². The molecule has 19 heavy (non-hydrogen) atoms. The molecule has 3 nitrogen and oxygen atoms in total. The van der Waals surface area contributed by atoms with Crippen molar-refractivity contribution in [2.24, 2.45) is 0 Å². The third kappa shape index (κ3) is 3.94. The van der Waals surface area contributed by atoms with Gasteiger partial charge in [0.15, 0.2) is 0 Å². The molecule has 1 aromatic carbocycles. The molecular weight excluding hydrogens is 278 g/mol. The molecule has 0 amide bonds. The van der Waals surface area contributed by atoms with Crippen molar-refractivity contribution < 1.29 is 9.53 Å². The van der Waals surface area contributed by atoms with Gasteiger partial charge in [-0.25, -0.2) is 0 Å². The van der Waals surface area contributed by atoms with Crippen molar-refractivity contribution in [3.05, 3.63) is 35.9 Å². The second-order valence-electron chi connectivity index (χ2n) is 4.35. The minimum absolute atomic E-state index is 0.143. The number of carbonyl (C=O) groups excluding carboxylic acids is 1. The minimum Gasteiger partial charge on any atom is -0.466 e. The number of rotatable bonds is 5. The summed E-state index contributed by atoms with van der Waals surface area (Å²) in [5, 5.41) is 0. The van der Waals surface area contributed by atoms with E-state index < -0.39 is 0 Å². The van der Waals surface area contributed by atoms with Crippen molar-refractivity contribution in [1.82, 2.24) is 4.90 Å². The number of thiocarbonyl (C=S) groups is 1. The number of ether oxygens (including phenoxy) is 1. The monoisotopic (exact) mass is 295 g/mol. The van der Waals surface area contributed by atoms with Gasteiger partial charge in [-0.1, -0.05) is 54.3 Å². The van der Waals surface area contributed by atoms with Gasteiger partial charge in [-0.05, 0) is 12.5 Å². The van der Waals surface area contributed by atoms with Crippen LogP contribution in [-0.2, 0) is 16.1 Å². The molecule has 1 aliphatic rings. The molecule has 1 aliphatic heterocycles. The van der Waals surface area contributed by atoms with Crippen LogP contribution in [-0.4, -0.2) is 33.6 Å². The van der Waals surface area contributed by atoms with E-state index in [4.69, 9.17) is 17.0 Å². The first kappa shape index (κ1) is 14.3. The van der Waals surface area contributed by atoms with Crippen LogP contribution in [0.2, 0.25) is 0 Å². The van der Waals surface area contributed by atoms with Crippen LogP contribution in [0.1, 0.15) is 18.9 Å². The molecule has 0 aliphatic carbocycles. The van der Waals surface area contributed by atoms with Crippen LogP contribution < -0.4 is 0 Å². The third-order valence-electron chi connectivity index (χ3n) is 2.98. The summed E-state index contributed by atoms with van der Waals surface area (Å²) in [5.74, 6) is 0.723. The van der Waals surface area contributed by atoms with Gasteiger partial charge >= 0.3 is 5.97 Å². The molecule has 1 fully saturated rings. The number of thioether (sulfide) groups is 1. The largest absolute Gasteiger partial charge is 0.466 e. The van der Waals surface area contributed by atoms with Crippen molar-refractivity contribution in [1.29, 1.82) is 0 Å². The van der Waals surface area contributed by atoms with Gasteiger partial charge in [-0.15, -0.1) is 0 Å². The first-order valence-electron chi connectivity index (χ1n) is 6.33. The Kier molecular flexibility index (Phi) is 5.22. The molecule has 0 N–H and O–H groups in total. The first-order valence-corrected chi connectivity index (χ1v) is 7.73. The fourth-order valence-corrected chi connectivity index (χ4v) is 3.47. The van der Waals surface area contributed by atoms with Crippen molar-refractivity contribution >= 4 is 34.3 Å². The van der Waals surface area contributed by atoms with Crippen LogP contribution in [0.4, 0.5) is 0 Å². The van der Waals surface area contributed by atoms with Crippen LogP contribution in [0.5, 0.6) is 0 Å². The molecule has 5 heteroatoms. The van der Waals surface area contributed by atoms with Crippen LogP contribution in [0.25, 0.3) is 0 Å². The van der Waals surface area contributed by atoms with E-state index >= 15 is 0 Å². The molecule has 0 spiro atoms. The molecule has 0 saturated carbocycles. The van der Waals surface area contributed by atoms with Gasteiger partial charge in [0, 0.05) is 12.3 Å².